The molecule has 0 heterocycles. The lowest BCUT2D eigenvalue weighted by atomic mass is 10.0. The molecular formula is C12H21NO4. The summed E-state index contributed by atoms with van der Waals surface area (Å²) in [5.41, 5.74) is 0. The maximum absolute atomic E-state index is 11.7. The Morgan fingerprint density at radius 2 is 2.18 bits per heavy atom. The lowest BCUT2D eigenvalue weighted by Gasteiger charge is -2.18. The fourth-order valence-corrected chi connectivity index (χ4v) is 2.35. The highest BCUT2D eigenvalue weighted by Gasteiger charge is 2.33. The van der Waals surface area contributed by atoms with Crippen LogP contribution in [0.1, 0.15) is 32.6 Å². The van der Waals surface area contributed by atoms with Gasteiger partial charge in [-0.15, -0.1) is 0 Å². The number of carboxylic acids is 1. The van der Waals surface area contributed by atoms with E-state index in [4.69, 9.17) is 9.84 Å². The van der Waals surface area contributed by atoms with E-state index in [-0.39, 0.29) is 17.9 Å². The summed E-state index contributed by atoms with van der Waals surface area (Å²) in [6.45, 7) is 2.48. The minimum absolute atomic E-state index is 0.0762. The third-order valence-corrected chi connectivity index (χ3v) is 3.16. The summed E-state index contributed by atoms with van der Waals surface area (Å²) in [7, 11) is 1.60. The molecule has 5 heteroatoms. The summed E-state index contributed by atoms with van der Waals surface area (Å²) >= 11 is 0. The Bertz CT molecular complexity index is 280. The standard InChI is InChI=1S/C12H21NO4/c1-8(7-17-2)6-11(14)13-10-5-3-4-9(10)12(15)16/h8-10H,3-7H2,1-2H3,(H,13,14)(H,15,16). The van der Waals surface area contributed by atoms with Crippen LogP contribution in [0.25, 0.3) is 0 Å². The van der Waals surface area contributed by atoms with Crippen LogP contribution in [0, 0.1) is 11.8 Å². The lowest BCUT2D eigenvalue weighted by Crippen LogP contribution is -2.40. The van der Waals surface area contributed by atoms with Gasteiger partial charge in [0.05, 0.1) is 5.92 Å². The molecule has 1 aliphatic carbocycles. The second-order valence-corrected chi connectivity index (χ2v) is 4.81. The monoisotopic (exact) mass is 243 g/mol. The van der Waals surface area contributed by atoms with Gasteiger partial charge in [0.15, 0.2) is 0 Å². The molecule has 98 valence electrons. The number of hydrogen-bond acceptors (Lipinski definition) is 3. The Morgan fingerprint density at radius 3 is 2.76 bits per heavy atom. The molecule has 3 atom stereocenters. The van der Waals surface area contributed by atoms with Crippen LogP contribution in [0.3, 0.4) is 0 Å². The minimum atomic E-state index is -0.808. The van der Waals surface area contributed by atoms with Crippen LogP contribution in [0.15, 0.2) is 0 Å². The molecule has 0 aliphatic heterocycles. The Labute approximate surface area is 102 Å². The van der Waals surface area contributed by atoms with E-state index in [1.807, 2.05) is 6.92 Å². The molecule has 0 aromatic rings. The van der Waals surface area contributed by atoms with Crippen molar-refractivity contribution in [1.29, 1.82) is 0 Å². The summed E-state index contributed by atoms with van der Waals surface area (Å²) in [5.74, 6) is -1.15. The number of carbonyl (C=O) groups is 2. The molecule has 1 saturated carbocycles. The van der Waals surface area contributed by atoms with Gasteiger partial charge in [-0.2, -0.15) is 0 Å². The molecule has 3 unspecified atom stereocenters. The highest BCUT2D eigenvalue weighted by atomic mass is 16.5. The van der Waals surface area contributed by atoms with Crippen LogP contribution >= 0.6 is 0 Å². The lowest BCUT2D eigenvalue weighted by molar-refractivity contribution is -0.142. The van der Waals surface area contributed by atoms with Gasteiger partial charge in [-0.25, -0.2) is 0 Å². The molecule has 2 N–H and O–H groups in total. The molecule has 1 rings (SSSR count). The molecular weight excluding hydrogens is 222 g/mol. The van der Waals surface area contributed by atoms with Crippen molar-refractivity contribution in [3.63, 3.8) is 0 Å². The van der Waals surface area contributed by atoms with Gasteiger partial charge >= 0.3 is 5.97 Å². The molecule has 1 aliphatic rings. The summed E-state index contributed by atoms with van der Waals surface area (Å²) in [6.07, 6.45) is 2.68. The number of nitrogens with one attached hydrogen (secondary N) is 1. The van der Waals surface area contributed by atoms with Crippen LogP contribution in [0.5, 0.6) is 0 Å². The third-order valence-electron chi connectivity index (χ3n) is 3.16. The van der Waals surface area contributed by atoms with E-state index in [0.29, 0.717) is 19.4 Å². The first-order valence-corrected chi connectivity index (χ1v) is 6.05. The predicted molar refractivity (Wildman–Crippen MR) is 62.6 cm³/mol. The van der Waals surface area contributed by atoms with Crippen molar-refractivity contribution in [2.45, 2.75) is 38.6 Å². The molecule has 1 fully saturated rings. The van der Waals surface area contributed by atoms with Gasteiger partial charge in [-0.05, 0) is 18.8 Å². The second-order valence-electron chi connectivity index (χ2n) is 4.81. The molecule has 17 heavy (non-hydrogen) atoms. The van der Waals surface area contributed by atoms with Crippen molar-refractivity contribution in [3.05, 3.63) is 0 Å². The van der Waals surface area contributed by atoms with Crippen molar-refractivity contribution in [1.82, 2.24) is 5.32 Å². The smallest absolute Gasteiger partial charge is 0.308 e. The normalized spacial score (nSPS) is 25.5. The fourth-order valence-electron chi connectivity index (χ4n) is 2.35. The Kier molecular flexibility index (Phi) is 5.41. The van der Waals surface area contributed by atoms with Gasteiger partial charge in [-0.3, -0.25) is 9.59 Å². The molecule has 5 nitrogen and oxygen atoms in total. The third kappa shape index (κ3) is 4.34. The van der Waals surface area contributed by atoms with Crippen molar-refractivity contribution in [2.24, 2.45) is 11.8 Å². The second kappa shape index (κ2) is 6.59. The number of aliphatic carboxylic acids is 1. The first kappa shape index (κ1) is 14.0. The summed E-state index contributed by atoms with van der Waals surface area (Å²) in [5, 5.41) is 11.8. The average molecular weight is 243 g/mol. The van der Waals surface area contributed by atoms with Gasteiger partial charge in [-0.1, -0.05) is 13.3 Å². The fraction of sp³-hybridized carbons (Fsp3) is 0.833. The first-order chi connectivity index (χ1) is 8.04. The van der Waals surface area contributed by atoms with E-state index in [9.17, 15) is 9.59 Å². The Hall–Kier alpha value is -1.10. The maximum Gasteiger partial charge on any atom is 0.308 e. The van der Waals surface area contributed by atoms with E-state index in [1.54, 1.807) is 7.11 Å². The quantitative estimate of drug-likeness (QED) is 0.730. The van der Waals surface area contributed by atoms with Crippen LogP contribution < -0.4 is 5.32 Å². The zero-order valence-electron chi connectivity index (χ0n) is 10.4. The highest BCUT2D eigenvalue weighted by Crippen LogP contribution is 2.25. The zero-order valence-corrected chi connectivity index (χ0v) is 10.4. The van der Waals surface area contributed by atoms with Gasteiger partial charge in [0.1, 0.15) is 0 Å². The van der Waals surface area contributed by atoms with E-state index in [2.05, 4.69) is 5.32 Å². The Morgan fingerprint density at radius 1 is 1.47 bits per heavy atom. The summed E-state index contributed by atoms with van der Waals surface area (Å²) < 4.78 is 4.96. The number of methoxy groups -OCH3 is 1. The predicted octanol–water partition coefficient (Wildman–Crippen LogP) is 1.03. The zero-order chi connectivity index (χ0) is 12.8. The summed E-state index contributed by atoms with van der Waals surface area (Å²) in [4.78, 5) is 22.6. The SMILES string of the molecule is COCC(C)CC(=O)NC1CCCC1C(=O)O. The minimum Gasteiger partial charge on any atom is -0.481 e. The van der Waals surface area contributed by atoms with E-state index in [1.165, 1.54) is 0 Å². The van der Waals surface area contributed by atoms with Crippen molar-refractivity contribution < 1.29 is 19.4 Å². The molecule has 0 radical (unpaired) electrons. The first-order valence-electron chi connectivity index (χ1n) is 6.05. The summed E-state index contributed by atoms with van der Waals surface area (Å²) in [6, 6.07) is -0.199. The topological polar surface area (TPSA) is 75.6 Å². The number of carbonyl (C=O) groups excluding carboxylic acids is 1. The van der Waals surface area contributed by atoms with Crippen molar-refractivity contribution in [3.8, 4) is 0 Å². The van der Waals surface area contributed by atoms with Crippen LogP contribution in [-0.4, -0.2) is 36.7 Å². The average Bonchev–Trinajstić information content (AvgIpc) is 2.65. The van der Waals surface area contributed by atoms with Gasteiger partial charge in [0, 0.05) is 26.2 Å². The van der Waals surface area contributed by atoms with Gasteiger partial charge in [0.25, 0.3) is 0 Å². The van der Waals surface area contributed by atoms with Crippen molar-refractivity contribution >= 4 is 11.9 Å². The van der Waals surface area contributed by atoms with E-state index >= 15 is 0 Å². The highest BCUT2D eigenvalue weighted by molar-refractivity contribution is 5.78. The van der Waals surface area contributed by atoms with Crippen LogP contribution in [0.4, 0.5) is 0 Å². The maximum atomic E-state index is 11.7. The van der Waals surface area contributed by atoms with E-state index < -0.39 is 11.9 Å². The number of ether oxygens (including phenoxy) is 1. The molecule has 0 aromatic carbocycles. The largest absolute Gasteiger partial charge is 0.481 e. The Balaban J connectivity index is 2.37. The molecule has 0 bridgehead atoms. The molecule has 1 amide bonds. The van der Waals surface area contributed by atoms with Crippen molar-refractivity contribution in [2.75, 3.05) is 13.7 Å². The number of amides is 1. The van der Waals surface area contributed by atoms with Crippen LogP contribution in [0.2, 0.25) is 0 Å². The number of hydrogen-bond donors (Lipinski definition) is 2. The van der Waals surface area contributed by atoms with E-state index in [0.717, 1.165) is 12.8 Å². The molecule has 0 aromatic heterocycles. The molecule has 0 spiro atoms. The number of rotatable bonds is 6. The van der Waals surface area contributed by atoms with Gasteiger partial charge in [0.2, 0.25) is 5.91 Å². The van der Waals surface area contributed by atoms with Gasteiger partial charge < -0.3 is 15.2 Å². The van der Waals surface area contributed by atoms with Crippen LogP contribution in [-0.2, 0) is 14.3 Å². The molecule has 0 saturated heterocycles. The number of carboxylic acid groups (broad SMARTS) is 1.